The fourth-order valence-corrected chi connectivity index (χ4v) is 5.00. The fraction of sp³-hybridized carbons (Fsp3) is 0.318. The Labute approximate surface area is 185 Å². The van der Waals surface area contributed by atoms with Crippen molar-refractivity contribution in [3.05, 3.63) is 58.9 Å². The van der Waals surface area contributed by atoms with E-state index in [1.807, 2.05) is 6.07 Å². The van der Waals surface area contributed by atoms with Crippen molar-refractivity contribution in [1.29, 1.82) is 5.26 Å². The molecule has 8 nitrogen and oxygen atoms in total. The van der Waals surface area contributed by atoms with Crippen LogP contribution in [-0.2, 0) is 11.0 Å². The molecule has 2 bridgehead atoms. The van der Waals surface area contributed by atoms with Gasteiger partial charge in [0.1, 0.15) is 17.8 Å². The number of piperazine rings is 1. The molecule has 168 valence electrons. The molecule has 3 saturated heterocycles. The van der Waals surface area contributed by atoms with Crippen molar-refractivity contribution >= 4 is 23.5 Å². The van der Waals surface area contributed by atoms with Crippen molar-refractivity contribution in [3.8, 4) is 6.07 Å². The number of aryl methyl sites for hydroxylation is 1. The molecule has 1 aromatic heterocycles. The molecular weight excluding hydrogens is 439 g/mol. The van der Waals surface area contributed by atoms with Crippen LogP contribution in [0.2, 0.25) is 0 Å². The predicted molar refractivity (Wildman–Crippen MR) is 107 cm³/mol. The summed E-state index contributed by atoms with van der Waals surface area (Å²) in [7, 11) is 0. The summed E-state index contributed by atoms with van der Waals surface area (Å²) in [6, 6.07) is 5.21. The number of benzene rings is 1. The third kappa shape index (κ3) is 2.97. The summed E-state index contributed by atoms with van der Waals surface area (Å²) in [5, 5.41) is 9.06. The van der Waals surface area contributed by atoms with Gasteiger partial charge in [0.05, 0.1) is 35.1 Å². The largest absolute Gasteiger partial charge is 0.417 e. The number of anilines is 1. The van der Waals surface area contributed by atoms with Gasteiger partial charge in [0.2, 0.25) is 0 Å². The summed E-state index contributed by atoms with van der Waals surface area (Å²) in [4.78, 5) is 47.0. The lowest BCUT2D eigenvalue weighted by atomic mass is 10.0. The number of nitrogens with zero attached hydrogens (tertiary/aromatic N) is 5. The maximum Gasteiger partial charge on any atom is 0.417 e. The first-order chi connectivity index (χ1) is 15.6. The van der Waals surface area contributed by atoms with Crippen molar-refractivity contribution in [2.75, 3.05) is 11.4 Å². The molecule has 3 aliphatic heterocycles. The Morgan fingerprint density at radius 1 is 1.24 bits per heavy atom. The molecule has 11 heteroatoms. The monoisotopic (exact) mass is 455 g/mol. The Hall–Kier alpha value is -3.94. The summed E-state index contributed by atoms with van der Waals surface area (Å²) in [5.41, 5.74) is -0.658. The van der Waals surface area contributed by atoms with E-state index in [0.29, 0.717) is 12.0 Å². The molecule has 4 heterocycles. The summed E-state index contributed by atoms with van der Waals surface area (Å²) in [6.07, 6.45) is -3.12. The van der Waals surface area contributed by atoms with Crippen LogP contribution < -0.4 is 4.90 Å². The number of rotatable bonds is 2. The van der Waals surface area contributed by atoms with Gasteiger partial charge in [0, 0.05) is 6.54 Å². The first-order valence-electron chi connectivity index (χ1n) is 10.1. The average molecular weight is 455 g/mol. The van der Waals surface area contributed by atoms with Crippen molar-refractivity contribution in [2.24, 2.45) is 0 Å². The molecule has 3 aliphatic rings. The lowest BCUT2D eigenvalue weighted by Gasteiger charge is -2.35. The van der Waals surface area contributed by atoms with Crippen molar-refractivity contribution in [1.82, 2.24) is 14.8 Å². The lowest BCUT2D eigenvalue weighted by molar-refractivity contribution is -0.138. The van der Waals surface area contributed by atoms with E-state index in [2.05, 4.69) is 4.98 Å². The summed E-state index contributed by atoms with van der Waals surface area (Å²) in [5.74, 6) is -1.38. The zero-order valence-electron chi connectivity index (χ0n) is 17.2. The normalized spacial score (nSPS) is 23.8. The Morgan fingerprint density at radius 3 is 2.64 bits per heavy atom. The van der Waals surface area contributed by atoms with Gasteiger partial charge in [0.15, 0.2) is 0 Å². The van der Waals surface area contributed by atoms with Crippen LogP contribution >= 0.6 is 0 Å². The number of alkyl halides is 3. The topological polar surface area (TPSA) is 97.6 Å². The minimum atomic E-state index is -4.70. The molecule has 1 aromatic carbocycles. The Bertz CT molecular complexity index is 1250. The number of nitriles is 1. The van der Waals surface area contributed by atoms with Crippen molar-refractivity contribution < 1.29 is 27.6 Å². The SMILES string of the molecule is Cc1cc(N2C(=O)[C@H]3C4C[C@H](CN4C(=O)c4ccccc4C(F)(F)F)N3C2=O)cnc1C#N. The van der Waals surface area contributed by atoms with Crippen LogP contribution in [0.15, 0.2) is 36.5 Å². The Balaban J connectivity index is 1.46. The highest BCUT2D eigenvalue weighted by Crippen LogP contribution is 2.43. The molecule has 0 N–H and O–H groups in total. The van der Waals surface area contributed by atoms with E-state index in [1.165, 1.54) is 34.2 Å². The molecule has 2 aromatic rings. The second-order valence-electron chi connectivity index (χ2n) is 8.24. The molecule has 0 aliphatic carbocycles. The van der Waals surface area contributed by atoms with E-state index < -0.39 is 53.3 Å². The van der Waals surface area contributed by atoms with Gasteiger partial charge in [-0.15, -0.1) is 0 Å². The molecule has 0 spiro atoms. The number of urea groups is 1. The van der Waals surface area contributed by atoms with E-state index in [9.17, 15) is 27.6 Å². The molecule has 1 unspecified atom stereocenters. The van der Waals surface area contributed by atoms with Crippen LogP contribution in [0.4, 0.5) is 23.7 Å². The van der Waals surface area contributed by atoms with E-state index in [1.54, 1.807) is 6.92 Å². The first-order valence-corrected chi connectivity index (χ1v) is 10.1. The van der Waals surface area contributed by atoms with Crippen LogP contribution in [0.3, 0.4) is 0 Å². The number of carbonyl (C=O) groups is 3. The van der Waals surface area contributed by atoms with E-state index in [-0.39, 0.29) is 17.9 Å². The number of halogens is 3. The second kappa shape index (κ2) is 7.03. The molecule has 0 radical (unpaired) electrons. The number of fused-ring (bicyclic) bond motifs is 5. The van der Waals surface area contributed by atoms with Gasteiger partial charge in [-0.3, -0.25) is 9.59 Å². The number of aromatic nitrogens is 1. The predicted octanol–water partition coefficient (Wildman–Crippen LogP) is 2.71. The van der Waals surface area contributed by atoms with Crippen LogP contribution in [0.5, 0.6) is 0 Å². The maximum absolute atomic E-state index is 13.4. The van der Waals surface area contributed by atoms with Gasteiger partial charge in [-0.1, -0.05) is 12.1 Å². The van der Waals surface area contributed by atoms with Crippen molar-refractivity contribution in [2.45, 2.75) is 37.6 Å². The molecular formula is C22H16F3N5O3. The standard InChI is InChI=1S/C22H16F3N5O3/c1-11-6-12(9-27-16(11)8-26)30-20(32)18-17-7-13(29(18)21(30)33)10-28(17)19(31)14-4-2-3-5-15(14)22(23,24)25/h2-6,9,13,17-18H,7,10H2,1H3/t13-,17?,18-/m1/s1. The minimum Gasteiger partial charge on any atom is -0.331 e. The highest BCUT2D eigenvalue weighted by molar-refractivity contribution is 6.22. The zero-order valence-corrected chi connectivity index (χ0v) is 17.2. The Kier molecular flexibility index (Phi) is 4.46. The number of likely N-dealkylation sites (tertiary alicyclic amines) is 1. The Morgan fingerprint density at radius 2 is 1.97 bits per heavy atom. The van der Waals surface area contributed by atoms with E-state index in [0.717, 1.165) is 17.0 Å². The lowest BCUT2D eigenvalue weighted by Crippen LogP contribution is -2.55. The summed E-state index contributed by atoms with van der Waals surface area (Å²) >= 11 is 0. The maximum atomic E-state index is 13.4. The van der Waals surface area contributed by atoms with Crippen LogP contribution in [0, 0.1) is 18.3 Å². The molecule has 3 fully saturated rings. The molecule has 4 amide bonds. The molecule has 5 rings (SSSR count). The third-order valence-corrected chi connectivity index (χ3v) is 6.42. The van der Waals surface area contributed by atoms with Gasteiger partial charge in [-0.2, -0.15) is 18.4 Å². The smallest absolute Gasteiger partial charge is 0.331 e. The number of hydrogen-bond acceptors (Lipinski definition) is 5. The highest BCUT2D eigenvalue weighted by atomic mass is 19.4. The van der Waals surface area contributed by atoms with Gasteiger partial charge in [-0.25, -0.2) is 14.7 Å². The summed E-state index contributed by atoms with van der Waals surface area (Å²) in [6.45, 7) is 1.67. The van der Waals surface area contributed by atoms with Crippen LogP contribution in [0.25, 0.3) is 0 Å². The quantitative estimate of drug-likeness (QED) is 0.649. The van der Waals surface area contributed by atoms with Gasteiger partial charge < -0.3 is 9.80 Å². The van der Waals surface area contributed by atoms with E-state index >= 15 is 0 Å². The van der Waals surface area contributed by atoms with Gasteiger partial charge >= 0.3 is 12.2 Å². The number of pyridine rings is 1. The number of carbonyl (C=O) groups excluding carboxylic acids is 3. The zero-order chi connectivity index (χ0) is 23.7. The fourth-order valence-electron chi connectivity index (χ4n) is 5.00. The van der Waals surface area contributed by atoms with Crippen LogP contribution in [0.1, 0.15) is 33.6 Å². The van der Waals surface area contributed by atoms with E-state index in [4.69, 9.17) is 5.26 Å². The van der Waals surface area contributed by atoms with Crippen molar-refractivity contribution in [3.63, 3.8) is 0 Å². The molecule has 3 atom stereocenters. The number of amides is 4. The highest BCUT2D eigenvalue weighted by Gasteiger charge is 2.63. The van der Waals surface area contributed by atoms with Gasteiger partial charge in [-0.05, 0) is 37.1 Å². The van der Waals surface area contributed by atoms with Crippen LogP contribution in [-0.4, -0.2) is 57.3 Å². The van der Waals surface area contributed by atoms with Gasteiger partial charge in [0.25, 0.3) is 11.8 Å². The second-order valence-corrected chi connectivity index (χ2v) is 8.24. The number of imide groups is 1. The third-order valence-electron chi connectivity index (χ3n) is 6.42. The number of hydrogen-bond donors (Lipinski definition) is 0. The first kappa shape index (κ1) is 20.9. The minimum absolute atomic E-state index is 0.0453. The molecule has 0 saturated carbocycles. The average Bonchev–Trinajstić information content (AvgIpc) is 3.44. The summed E-state index contributed by atoms with van der Waals surface area (Å²) < 4.78 is 40.3. The molecule has 33 heavy (non-hydrogen) atoms.